The molecule has 0 spiro atoms. The van der Waals surface area contributed by atoms with E-state index < -0.39 is 0 Å². The first-order valence-electron chi connectivity index (χ1n) is 8.49. The second kappa shape index (κ2) is 9.14. The standard InChI is InChI=1S/C22H19BrN2O2/c1-16(17-10-12-19(13-11-17)18-6-3-2-4-7-18)24-25-22(26)15-27-21-9-5-8-20(23)14-21/h2-14H,15H2,1H3,(H,25,26). The predicted molar refractivity (Wildman–Crippen MR) is 112 cm³/mol. The van der Waals surface area contributed by atoms with Crippen LogP contribution >= 0.6 is 15.9 Å². The van der Waals surface area contributed by atoms with Crippen LogP contribution in [0.5, 0.6) is 5.75 Å². The summed E-state index contributed by atoms with van der Waals surface area (Å²) in [5.41, 5.74) is 6.50. The van der Waals surface area contributed by atoms with Crippen molar-refractivity contribution in [3.05, 3.63) is 88.9 Å². The lowest BCUT2D eigenvalue weighted by atomic mass is 10.0. The van der Waals surface area contributed by atoms with Crippen molar-refractivity contribution in [2.75, 3.05) is 6.61 Å². The number of hydrogen-bond acceptors (Lipinski definition) is 3. The molecule has 0 atom stereocenters. The number of carbonyl (C=O) groups excluding carboxylic acids is 1. The van der Waals surface area contributed by atoms with E-state index in [2.05, 4.69) is 38.6 Å². The topological polar surface area (TPSA) is 50.7 Å². The van der Waals surface area contributed by atoms with Gasteiger partial charge in [-0.05, 0) is 41.8 Å². The summed E-state index contributed by atoms with van der Waals surface area (Å²) in [6, 6.07) is 25.6. The van der Waals surface area contributed by atoms with Crippen LogP contribution in [0.1, 0.15) is 12.5 Å². The number of nitrogens with one attached hydrogen (secondary N) is 1. The molecule has 0 bridgehead atoms. The van der Waals surface area contributed by atoms with Gasteiger partial charge in [-0.2, -0.15) is 5.10 Å². The van der Waals surface area contributed by atoms with Gasteiger partial charge in [0.2, 0.25) is 0 Å². The Balaban J connectivity index is 1.56. The summed E-state index contributed by atoms with van der Waals surface area (Å²) < 4.78 is 6.34. The van der Waals surface area contributed by atoms with Crippen molar-refractivity contribution in [2.24, 2.45) is 5.10 Å². The van der Waals surface area contributed by atoms with E-state index in [1.165, 1.54) is 0 Å². The number of rotatable bonds is 6. The summed E-state index contributed by atoms with van der Waals surface area (Å²) in [5.74, 6) is 0.312. The summed E-state index contributed by atoms with van der Waals surface area (Å²) in [6.45, 7) is 1.76. The van der Waals surface area contributed by atoms with Crippen LogP contribution in [0.15, 0.2) is 88.4 Å². The van der Waals surface area contributed by atoms with Gasteiger partial charge in [0.25, 0.3) is 5.91 Å². The molecule has 0 fully saturated rings. The fourth-order valence-electron chi connectivity index (χ4n) is 2.48. The van der Waals surface area contributed by atoms with Gasteiger partial charge in [-0.15, -0.1) is 0 Å². The Morgan fingerprint density at radius 3 is 2.37 bits per heavy atom. The highest BCUT2D eigenvalue weighted by molar-refractivity contribution is 9.10. The van der Waals surface area contributed by atoms with E-state index in [4.69, 9.17) is 4.74 Å². The van der Waals surface area contributed by atoms with Gasteiger partial charge in [0.1, 0.15) is 5.75 Å². The second-order valence-corrected chi connectivity index (χ2v) is 6.84. The Labute approximate surface area is 167 Å². The van der Waals surface area contributed by atoms with E-state index in [9.17, 15) is 4.79 Å². The van der Waals surface area contributed by atoms with Gasteiger partial charge >= 0.3 is 0 Å². The minimum atomic E-state index is -0.310. The highest BCUT2D eigenvalue weighted by atomic mass is 79.9. The molecule has 27 heavy (non-hydrogen) atoms. The van der Waals surface area contributed by atoms with Crippen LogP contribution in [-0.2, 0) is 4.79 Å². The lowest BCUT2D eigenvalue weighted by Crippen LogP contribution is -2.25. The SMILES string of the molecule is CC(=NNC(=O)COc1cccc(Br)c1)c1ccc(-c2ccccc2)cc1. The van der Waals surface area contributed by atoms with Gasteiger partial charge < -0.3 is 4.74 Å². The summed E-state index contributed by atoms with van der Waals surface area (Å²) >= 11 is 3.36. The second-order valence-electron chi connectivity index (χ2n) is 5.92. The molecule has 0 aliphatic carbocycles. The zero-order valence-electron chi connectivity index (χ0n) is 14.9. The Bertz CT molecular complexity index is 938. The molecule has 5 heteroatoms. The molecule has 3 rings (SSSR count). The average Bonchev–Trinajstić information content (AvgIpc) is 2.71. The van der Waals surface area contributed by atoms with Gasteiger partial charge in [-0.1, -0.05) is 76.6 Å². The van der Waals surface area contributed by atoms with Crippen molar-refractivity contribution in [2.45, 2.75) is 6.92 Å². The molecular formula is C22H19BrN2O2. The van der Waals surface area contributed by atoms with Crippen molar-refractivity contribution in [3.8, 4) is 16.9 Å². The fraction of sp³-hybridized carbons (Fsp3) is 0.0909. The molecule has 136 valence electrons. The van der Waals surface area contributed by atoms with Gasteiger partial charge in [-0.3, -0.25) is 4.79 Å². The van der Waals surface area contributed by atoms with E-state index >= 15 is 0 Å². The summed E-state index contributed by atoms with van der Waals surface area (Å²) in [6.07, 6.45) is 0. The molecule has 0 saturated carbocycles. The molecule has 1 N–H and O–H groups in total. The van der Waals surface area contributed by atoms with E-state index in [1.54, 1.807) is 12.1 Å². The predicted octanol–water partition coefficient (Wildman–Crippen LogP) is 5.04. The molecule has 3 aromatic rings. The quantitative estimate of drug-likeness (QED) is 0.446. The number of halogens is 1. The van der Waals surface area contributed by atoms with E-state index in [0.717, 1.165) is 26.9 Å². The Kier molecular flexibility index (Phi) is 6.39. The van der Waals surface area contributed by atoms with Crippen molar-refractivity contribution in [3.63, 3.8) is 0 Å². The lowest BCUT2D eigenvalue weighted by Gasteiger charge is -2.07. The van der Waals surface area contributed by atoms with Crippen LogP contribution in [0.4, 0.5) is 0 Å². The lowest BCUT2D eigenvalue weighted by molar-refractivity contribution is -0.123. The van der Waals surface area contributed by atoms with Gasteiger partial charge in [0.05, 0.1) is 5.71 Å². The monoisotopic (exact) mass is 422 g/mol. The summed E-state index contributed by atoms with van der Waals surface area (Å²) in [4.78, 5) is 11.9. The minimum Gasteiger partial charge on any atom is -0.484 e. The van der Waals surface area contributed by atoms with E-state index in [1.807, 2.05) is 61.5 Å². The number of benzene rings is 3. The first-order chi connectivity index (χ1) is 13.1. The van der Waals surface area contributed by atoms with E-state index in [0.29, 0.717) is 5.75 Å². The third-order valence-electron chi connectivity index (χ3n) is 3.92. The number of carbonyl (C=O) groups is 1. The summed E-state index contributed by atoms with van der Waals surface area (Å²) in [5, 5.41) is 4.15. The molecule has 0 heterocycles. The van der Waals surface area contributed by atoms with Crippen LogP contribution < -0.4 is 10.2 Å². The highest BCUT2D eigenvalue weighted by Crippen LogP contribution is 2.19. The largest absolute Gasteiger partial charge is 0.484 e. The number of hydrogen-bond donors (Lipinski definition) is 1. The van der Waals surface area contributed by atoms with Gasteiger partial charge in [0.15, 0.2) is 6.61 Å². The smallest absolute Gasteiger partial charge is 0.277 e. The molecule has 0 aromatic heterocycles. The number of nitrogens with zero attached hydrogens (tertiary/aromatic N) is 1. The zero-order chi connectivity index (χ0) is 19.1. The van der Waals surface area contributed by atoms with Crippen molar-refractivity contribution < 1.29 is 9.53 Å². The summed E-state index contributed by atoms with van der Waals surface area (Å²) in [7, 11) is 0. The zero-order valence-corrected chi connectivity index (χ0v) is 16.4. The average molecular weight is 423 g/mol. The molecular weight excluding hydrogens is 404 g/mol. The van der Waals surface area contributed by atoms with Crippen LogP contribution in [0.25, 0.3) is 11.1 Å². The van der Waals surface area contributed by atoms with Gasteiger partial charge in [0, 0.05) is 4.47 Å². The van der Waals surface area contributed by atoms with Crippen LogP contribution in [0, 0.1) is 0 Å². The third-order valence-corrected chi connectivity index (χ3v) is 4.42. The normalized spacial score (nSPS) is 11.1. The number of ether oxygens (including phenoxy) is 1. The maximum absolute atomic E-state index is 11.9. The molecule has 0 aliphatic heterocycles. The first kappa shape index (κ1) is 18.9. The van der Waals surface area contributed by atoms with Crippen LogP contribution in [-0.4, -0.2) is 18.2 Å². The van der Waals surface area contributed by atoms with Crippen molar-refractivity contribution in [1.29, 1.82) is 0 Å². The molecule has 0 radical (unpaired) electrons. The van der Waals surface area contributed by atoms with Crippen molar-refractivity contribution >= 4 is 27.5 Å². The Morgan fingerprint density at radius 2 is 1.67 bits per heavy atom. The maximum atomic E-state index is 11.9. The third kappa shape index (κ3) is 5.53. The molecule has 1 amide bonds. The van der Waals surface area contributed by atoms with Gasteiger partial charge in [-0.25, -0.2) is 5.43 Å². The molecule has 4 nitrogen and oxygen atoms in total. The number of hydrazone groups is 1. The van der Waals surface area contributed by atoms with E-state index in [-0.39, 0.29) is 12.5 Å². The Hall–Kier alpha value is -2.92. The van der Waals surface area contributed by atoms with Crippen LogP contribution in [0.3, 0.4) is 0 Å². The molecule has 0 unspecified atom stereocenters. The first-order valence-corrected chi connectivity index (χ1v) is 9.28. The number of amides is 1. The Morgan fingerprint density at radius 1 is 0.963 bits per heavy atom. The molecule has 0 aliphatic rings. The minimum absolute atomic E-state index is 0.0970. The highest BCUT2D eigenvalue weighted by Gasteiger charge is 2.04. The molecule has 3 aromatic carbocycles. The van der Waals surface area contributed by atoms with Crippen molar-refractivity contribution in [1.82, 2.24) is 5.43 Å². The van der Waals surface area contributed by atoms with Crippen LogP contribution in [0.2, 0.25) is 0 Å². The maximum Gasteiger partial charge on any atom is 0.277 e. The molecule has 0 saturated heterocycles. The fourth-order valence-corrected chi connectivity index (χ4v) is 2.86.